The van der Waals surface area contributed by atoms with Gasteiger partial charge in [-0.2, -0.15) is 0 Å². The van der Waals surface area contributed by atoms with Crippen LogP contribution in [0, 0.1) is 0 Å². The molecule has 0 fully saturated rings. The van der Waals surface area contributed by atoms with E-state index in [2.05, 4.69) is 69.4 Å². The van der Waals surface area contributed by atoms with E-state index in [0.29, 0.717) is 19.3 Å². The minimum atomic E-state index is -0.782. The molecule has 0 aromatic heterocycles. The smallest absolute Gasteiger partial charge is 0.306 e. The van der Waals surface area contributed by atoms with E-state index in [1.54, 1.807) is 0 Å². The maximum absolute atomic E-state index is 13.0. The lowest BCUT2D eigenvalue weighted by atomic mass is 10.0. The number of carbonyl (C=O) groups is 3. The Kier molecular flexibility index (Phi) is 69.6. The molecule has 0 aromatic rings. The molecular weight excluding hydrogens is 1020 g/mol. The fourth-order valence-electron chi connectivity index (χ4n) is 11.2. The molecule has 0 saturated heterocycles. The lowest BCUT2D eigenvalue weighted by Gasteiger charge is -2.18. The molecule has 0 radical (unpaired) electrons. The van der Waals surface area contributed by atoms with Crippen LogP contribution in [-0.2, 0) is 28.6 Å². The van der Waals surface area contributed by atoms with E-state index in [4.69, 9.17) is 14.2 Å². The molecule has 83 heavy (non-hydrogen) atoms. The van der Waals surface area contributed by atoms with E-state index in [1.165, 1.54) is 289 Å². The predicted octanol–water partition coefficient (Wildman–Crippen LogP) is 25.7. The van der Waals surface area contributed by atoms with Gasteiger partial charge in [-0.1, -0.05) is 352 Å². The van der Waals surface area contributed by atoms with Crippen LogP contribution < -0.4 is 0 Å². The normalized spacial score (nSPS) is 12.3. The first-order valence-corrected chi connectivity index (χ1v) is 37.1. The second kappa shape index (κ2) is 71.8. The van der Waals surface area contributed by atoms with Crippen molar-refractivity contribution in [2.24, 2.45) is 0 Å². The van der Waals surface area contributed by atoms with Gasteiger partial charge in [-0.05, 0) is 83.5 Å². The van der Waals surface area contributed by atoms with E-state index >= 15 is 0 Å². The van der Waals surface area contributed by atoms with Crippen LogP contribution in [0.4, 0.5) is 0 Å². The Morgan fingerprint density at radius 2 is 0.434 bits per heavy atom. The molecule has 0 saturated carbocycles. The summed E-state index contributed by atoms with van der Waals surface area (Å²) in [5.41, 5.74) is 0. The molecule has 6 nitrogen and oxygen atoms in total. The summed E-state index contributed by atoms with van der Waals surface area (Å²) < 4.78 is 17.0. The summed E-state index contributed by atoms with van der Waals surface area (Å²) in [5.74, 6) is -0.860. The average Bonchev–Trinajstić information content (AvgIpc) is 3.49. The summed E-state index contributed by atoms with van der Waals surface area (Å²) in [4.78, 5) is 38.6. The number of esters is 3. The highest BCUT2D eigenvalue weighted by molar-refractivity contribution is 5.71. The number of unbranched alkanes of at least 4 members (excludes halogenated alkanes) is 50. The van der Waals surface area contributed by atoms with Gasteiger partial charge >= 0.3 is 17.9 Å². The van der Waals surface area contributed by atoms with Crippen LogP contribution in [0.2, 0.25) is 0 Å². The quantitative estimate of drug-likeness (QED) is 0.0261. The number of ether oxygens (including phenoxy) is 3. The zero-order valence-corrected chi connectivity index (χ0v) is 56.0. The summed E-state index contributed by atoms with van der Waals surface area (Å²) in [5, 5.41) is 0. The first-order chi connectivity index (χ1) is 41.0. The summed E-state index contributed by atoms with van der Waals surface area (Å²) in [6.45, 7) is 6.70. The minimum absolute atomic E-state index is 0.0747. The summed E-state index contributed by atoms with van der Waals surface area (Å²) >= 11 is 0. The molecule has 0 rings (SSSR count). The van der Waals surface area contributed by atoms with Crippen LogP contribution in [0.1, 0.15) is 406 Å². The highest BCUT2D eigenvalue weighted by atomic mass is 16.6. The SMILES string of the molecule is CCCCCCC/C=C\C/C=C\C/C=C\CCCCCCCCC(=O)OC(COC(=O)CCCCCCCCCCC/C=C\CCCCCCCCCC)COC(=O)CCCCCCCCCCCCCCCCCCCCCCCCC. The second-order valence-electron chi connectivity index (χ2n) is 25.2. The van der Waals surface area contributed by atoms with Gasteiger partial charge in [0.15, 0.2) is 6.10 Å². The van der Waals surface area contributed by atoms with Crippen molar-refractivity contribution >= 4 is 17.9 Å². The van der Waals surface area contributed by atoms with E-state index in [1.807, 2.05) is 0 Å². The van der Waals surface area contributed by atoms with Crippen molar-refractivity contribution in [3.05, 3.63) is 48.6 Å². The van der Waals surface area contributed by atoms with Crippen molar-refractivity contribution in [1.29, 1.82) is 0 Å². The third-order valence-electron chi connectivity index (χ3n) is 16.8. The van der Waals surface area contributed by atoms with Gasteiger partial charge in [-0.15, -0.1) is 0 Å². The highest BCUT2D eigenvalue weighted by Crippen LogP contribution is 2.18. The Balaban J connectivity index is 4.34. The third kappa shape index (κ3) is 70.0. The first-order valence-electron chi connectivity index (χ1n) is 37.1. The Morgan fingerprint density at radius 1 is 0.241 bits per heavy atom. The van der Waals surface area contributed by atoms with Crippen LogP contribution >= 0.6 is 0 Å². The van der Waals surface area contributed by atoms with Crippen molar-refractivity contribution in [2.75, 3.05) is 13.2 Å². The molecule has 1 unspecified atom stereocenters. The molecule has 486 valence electrons. The van der Waals surface area contributed by atoms with Crippen LogP contribution in [0.25, 0.3) is 0 Å². The van der Waals surface area contributed by atoms with E-state index < -0.39 is 6.10 Å². The van der Waals surface area contributed by atoms with Crippen molar-refractivity contribution < 1.29 is 28.6 Å². The lowest BCUT2D eigenvalue weighted by Crippen LogP contribution is -2.30. The number of allylic oxidation sites excluding steroid dienone is 8. The van der Waals surface area contributed by atoms with E-state index in [-0.39, 0.29) is 31.1 Å². The lowest BCUT2D eigenvalue weighted by molar-refractivity contribution is -0.167. The van der Waals surface area contributed by atoms with Crippen LogP contribution in [-0.4, -0.2) is 37.2 Å². The first kappa shape index (κ1) is 80.4. The topological polar surface area (TPSA) is 78.9 Å². The van der Waals surface area contributed by atoms with Crippen LogP contribution in [0.15, 0.2) is 48.6 Å². The Hall–Kier alpha value is -2.63. The largest absolute Gasteiger partial charge is 0.462 e. The molecule has 0 heterocycles. The van der Waals surface area contributed by atoms with Crippen LogP contribution in [0.5, 0.6) is 0 Å². The second-order valence-corrected chi connectivity index (χ2v) is 25.2. The molecule has 0 spiro atoms. The molecule has 6 heteroatoms. The Labute approximate surface area is 518 Å². The average molecular weight is 1160 g/mol. The summed E-state index contributed by atoms with van der Waals surface area (Å²) in [6, 6.07) is 0. The number of hydrogen-bond acceptors (Lipinski definition) is 6. The van der Waals surface area contributed by atoms with E-state index in [9.17, 15) is 14.4 Å². The molecule has 0 bridgehead atoms. The molecule has 0 amide bonds. The predicted molar refractivity (Wildman–Crippen MR) is 362 cm³/mol. The van der Waals surface area contributed by atoms with Gasteiger partial charge < -0.3 is 14.2 Å². The molecule has 1 atom stereocenters. The zero-order chi connectivity index (χ0) is 59.9. The van der Waals surface area contributed by atoms with E-state index in [0.717, 1.165) is 77.0 Å². The van der Waals surface area contributed by atoms with Gasteiger partial charge in [-0.3, -0.25) is 14.4 Å². The van der Waals surface area contributed by atoms with Crippen molar-refractivity contribution in [3.63, 3.8) is 0 Å². The van der Waals surface area contributed by atoms with Gasteiger partial charge in [0.05, 0.1) is 0 Å². The molecule has 0 aliphatic rings. The maximum Gasteiger partial charge on any atom is 0.306 e. The van der Waals surface area contributed by atoms with Crippen LogP contribution in [0.3, 0.4) is 0 Å². The Bertz CT molecular complexity index is 1430. The monoisotopic (exact) mass is 1160 g/mol. The summed E-state index contributed by atoms with van der Waals surface area (Å²) in [7, 11) is 0. The van der Waals surface area contributed by atoms with Gasteiger partial charge in [0.2, 0.25) is 0 Å². The van der Waals surface area contributed by atoms with Gasteiger partial charge in [0.1, 0.15) is 13.2 Å². The molecule has 0 aromatic carbocycles. The fraction of sp³-hybridized carbons (Fsp3) is 0.857. The van der Waals surface area contributed by atoms with Gasteiger partial charge in [0, 0.05) is 19.3 Å². The molecule has 0 aliphatic carbocycles. The zero-order valence-electron chi connectivity index (χ0n) is 56.0. The highest BCUT2D eigenvalue weighted by Gasteiger charge is 2.19. The van der Waals surface area contributed by atoms with Crippen molar-refractivity contribution in [3.8, 4) is 0 Å². The number of carbonyl (C=O) groups excluding carboxylic acids is 3. The minimum Gasteiger partial charge on any atom is -0.462 e. The number of rotatable bonds is 69. The van der Waals surface area contributed by atoms with Crippen molar-refractivity contribution in [1.82, 2.24) is 0 Å². The third-order valence-corrected chi connectivity index (χ3v) is 16.8. The van der Waals surface area contributed by atoms with Crippen molar-refractivity contribution in [2.45, 2.75) is 412 Å². The molecule has 0 N–H and O–H groups in total. The van der Waals surface area contributed by atoms with Gasteiger partial charge in [0.25, 0.3) is 0 Å². The standard InChI is InChI=1S/C77H142O6/c1-4-7-10-13-16-19-22-25-28-31-34-37-38-41-43-46-49-52-55-58-61-64-67-70-76(79)82-73-74(83-77(80)71-68-65-62-59-56-53-50-47-44-40-36-33-30-27-24-21-18-15-12-9-6-3)72-81-75(78)69-66-63-60-57-54-51-48-45-42-39-35-32-29-26-23-20-17-14-11-8-5-2/h24,27,32-33,35-36,44,47,74H,4-23,25-26,28-31,34,37-43,45-46,48-73H2,1-3H3/b27-24-,35-32-,36-33-,47-44-. The molecular formula is C77H142O6. The molecule has 0 aliphatic heterocycles. The van der Waals surface area contributed by atoms with Gasteiger partial charge in [-0.25, -0.2) is 0 Å². The maximum atomic E-state index is 13.0. The fourth-order valence-corrected chi connectivity index (χ4v) is 11.2. The number of hydrogen-bond donors (Lipinski definition) is 0. The summed E-state index contributed by atoms with van der Waals surface area (Å²) in [6.07, 6.45) is 91.4. The Morgan fingerprint density at radius 3 is 0.687 bits per heavy atom.